The van der Waals surface area contributed by atoms with Crippen LogP contribution in [0.15, 0.2) is 60.7 Å². The molecule has 6 heteroatoms. The van der Waals surface area contributed by atoms with Gasteiger partial charge in [0.15, 0.2) is 11.6 Å². The third-order valence-electron chi connectivity index (χ3n) is 4.57. The lowest BCUT2D eigenvalue weighted by Gasteiger charge is -2.11. The van der Waals surface area contributed by atoms with E-state index in [4.69, 9.17) is 0 Å². The number of nitrogens with one attached hydrogen (secondary N) is 1. The number of halogens is 2. The predicted molar refractivity (Wildman–Crippen MR) is 108 cm³/mol. The molecule has 4 rings (SSSR count). The van der Waals surface area contributed by atoms with Crippen molar-refractivity contribution in [2.75, 3.05) is 0 Å². The van der Waals surface area contributed by atoms with E-state index in [1.165, 1.54) is 12.1 Å². The number of carbonyl (C=O) groups is 1. The molecule has 3 nitrogen and oxygen atoms in total. The van der Waals surface area contributed by atoms with Crippen molar-refractivity contribution in [3.8, 4) is 0 Å². The Kier molecular flexibility index (Phi) is 4.96. The summed E-state index contributed by atoms with van der Waals surface area (Å²) in [5.41, 5.74) is 3.02. The Hall–Kier alpha value is -2.99. The molecule has 142 valence electrons. The smallest absolute Gasteiger partial charge is 0.268 e. The molecule has 0 bridgehead atoms. The van der Waals surface area contributed by atoms with Gasteiger partial charge in [-0.3, -0.25) is 4.79 Å². The zero-order chi connectivity index (χ0) is 19.7. The Morgan fingerprint density at radius 2 is 1.79 bits per heavy atom. The minimum Gasteiger partial charge on any atom is -0.347 e. The molecule has 0 fully saturated rings. The highest BCUT2D eigenvalue weighted by Crippen LogP contribution is 2.29. The van der Waals surface area contributed by atoms with Gasteiger partial charge in [-0.05, 0) is 42.3 Å². The highest BCUT2D eigenvalue weighted by atomic mass is 32.1. The first kappa shape index (κ1) is 18.4. The van der Waals surface area contributed by atoms with Crippen molar-refractivity contribution in [2.45, 2.75) is 20.0 Å². The van der Waals surface area contributed by atoms with Crippen LogP contribution in [0.4, 0.5) is 8.78 Å². The fraction of sp³-hybridized carbons (Fsp3) is 0.136. The number of aryl methyl sites for hydroxylation is 1. The SMILES string of the molecule is Cc1cc2c(cc(C(=O)NCc3ccccc3)n2Cc2ccc(F)c(F)c2)s1. The minimum absolute atomic E-state index is 0.201. The van der Waals surface area contributed by atoms with Crippen molar-refractivity contribution in [2.24, 2.45) is 0 Å². The van der Waals surface area contributed by atoms with Crippen molar-refractivity contribution >= 4 is 27.5 Å². The predicted octanol–water partition coefficient (Wildman–Crippen LogP) is 5.27. The molecule has 0 unspecified atom stereocenters. The summed E-state index contributed by atoms with van der Waals surface area (Å²) >= 11 is 1.60. The first-order valence-electron chi connectivity index (χ1n) is 8.87. The van der Waals surface area contributed by atoms with Gasteiger partial charge in [-0.15, -0.1) is 11.3 Å². The number of carbonyl (C=O) groups excluding carboxylic acids is 1. The van der Waals surface area contributed by atoms with E-state index in [1.807, 2.05) is 54.0 Å². The maximum absolute atomic E-state index is 13.6. The summed E-state index contributed by atoms with van der Waals surface area (Å²) < 4.78 is 29.7. The molecule has 0 aliphatic carbocycles. The van der Waals surface area contributed by atoms with Gasteiger partial charge in [-0.1, -0.05) is 36.4 Å². The zero-order valence-corrected chi connectivity index (χ0v) is 16.0. The summed E-state index contributed by atoms with van der Waals surface area (Å²) in [4.78, 5) is 14.0. The summed E-state index contributed by atoms with van der Waals surface area (Å²) in [7, 11) is 0. The molecule has 2 aromatic heterocycles. The molecule has 1 N–H and O–H groups in total. The monoisotopic (exact) mass is 396 g/mol. The zero-order valence-electron chi connectivity index (χ0n) is 15.2. The molecular weight excluding hydrogens is 378 g/mol. The third-order valence-corrected chi connectivity index (χ3v) is 5.55. The van der Waals surface area contributed by atoms with Crippen LogP contribution in [0.2, 0.25) is 0 Å². The molecule has 0 atom stereocenters. The maximum Gasteiger partial charge on any atom is 0.268 e. The molecule has 2 heterocycles. The van der Waals surface area contributed by atoms with Crippen LogP contribution in [0.25, 0.3) is 10.2 Å². The lowest BCUT2D eigenvalue weighted by Crippen LogP contribution is -2.25. The normalized spacial score (nSPS) is 11.1. The van der Waals surface area contributed by atoms with Crippen molar-refractivity contribution in [1.82, 2.24) is 9.88 Å². The first-order chi connectivity index (χ1) is 13.5. The van der Waals surface area contributed by atoms with E-state index in [0.29, 0.717) is 17.8 Å². The van der Waals surface area contributed by atoms with Crippen LogP contribution in [0, 0.1) is 18.6 Å². The number of fused-ring (bicyclic) bond motifs is 1. The number of hydrogen-bond donors (Lipinski definition) is 1. The molecule has 4 aromatic rings. The summed E-state index contributed by atoms with van der Waals surface area (Å²) in [5, 5.41) is 2.94. The second-order valence-corrected chi connectivity index (χ2v) is 7.93. The lowest BCUT2D eigenvalue weighted by molar-refractivity contribution is 0.0942. The van der Waals surface area contributed by atoms with Gasteiger partial charge in [-0.2, -0.15) is 0 Å². The highest BCUT2D eigenvalue weighted by Gasteiger charge is 2.18. The van der Waals surface area contributed by atoms with Gasteiger partial charge in [0.25, 0.3) is 5.91 Å². The third kappa shape index (κ3) is 3.68. The van der Waals surface area contributed by atoms with Crippen LogP contribution in [-0.2, 0) is 13.1 Å². The van der Waals surface area contributed by atoms with Crippen LogP contribution < -0.4 is 5.32 Å². The molecule has 0 saturated heterocycles. The van der Waals surface area contributed by atoms with E-state index >= 15 is 0 Å². The van der Waals surface area contributed by atoms with E-state index in [0.717, 1.165) is 26.7 Å². The number of amides is 1. The number of rotatable bonds is 5. The molecule has 0 aliphatic heterocycles. The lowest BCUT2D eigenvalue weighted by atomic mass is 10.2. The second kappa shape index (κ2) is 7.56. The topological polar surface area (TPSA) is 34.0 Å². The fourth-order valence-electron chi connectivity index (χ4n) is 3.21. The van der Waals surface area contributed by atoms with Crippen molar-refractivity contribution in [3.63, 3.8) is 0 Å². The molecule has 1 amide bonds. The number of thiophene rings is 1. The molecule has 28 heavy (non-hydrogen) atoms. The highest BCUT2D eigenvalue weighted by molar-refractivity contribution is 7.19. The van der Waals surface area contributed by atoms with Crippen LogP contribution >= 0.6 is 11.3 Å². The van der Waals surface area contributed by atoms with Gasteiger partial charge in [0.2, 0.25) is 0 Å². The standard InChI is InChI=1S/C22H18F2N2OS/c1-14-9-19-21(28-14)11-20(22(27)25-12-15-5-3-2-4-6-15)26(19)13-16-7-8-17(23)18(24)10-16/h2-11H,12-13H2,1H3,(H,25,27). The molecule has 0 saturated carbocycles. The van der Waals surface area contributed by atoms with Gasteiger partial charge in [0, 0.05) is 18.0 Å². The Labute approximate surface area is 165 Å². The molecule has 0 radical (unpaired) electrons. The quantitative estimate of drug-likeness (QED) is 0.490. The van der Waals surface area contributed by atoms with Gasteiger partial charge < -0.3 is 9.88 Å². The van der Waals surface area contributed by atoms with Gasteiger partial charge >= 0.3 is 0 Å². The van der Waals surface area contributed by atoms with Crippen molar-refractivity contribution < 1.29 is 13.6 Å². The van der Waals surface area contributed by atoms with E-state index < -0.39 is 11.6 Å². The molecular formula is C22H18F2N2OS. The van der Waals surface area contributed by atoms with Crippen LogP contribution in [0.1, 0.15) is 26.5 Å². The summed E-state index contributed by atoms with van der Waals surface area (Å²) in [6.45, 7) is 2.70. The van der Waals surface area contributed by atoms with E-state index in [2.05, 4.69) is 5.32 Å². The summed E-state index contributed by atoms with van der Waals surface area (Å²) in [6, 6.07) is 17.3. The number of hydrogen-bond acceptors (Lipinski definition) is 2. The molecule has 0 spiro atoms. The van der Waals surface area contributed by atoms with Crippen molar-refractivity contribution in [1.29, 1.82) is 0 Å². The summed E-state index contributed by atoms with van der Waals surface area (Å²) in [5.74, 6) is -1.97. The summed E-state index contributed by atoms with van der Waals surface area (Å²) in [6.07, 6.45) is 0. The fourth-order valence-corrected chi connectivity index (χ4v) is 4.17. The van der Waals surface area contributed by atoms with E-state index in [9.17, 15) is 13.6 Å². The van der Waals surface area contributed by atoms with Crippen LogP contribution in [0.3, 0.4) is 0 Å². The average Bonchev–Trinajstić information content (AvgIpc) is 3.20. The largest absolute Gasteiger partial charge is 0.347 e. The molecule has 2 aromatic carbocycles. The average molecular weight is 396 g/mol. The Morgan fingerprint density at radius 1 is 1.00 bits per heavy atom. The Balaban J connectivity index is 1.65. The van der Waals surface area contributed by atoms with Crippen molar-refractivity contribution in [3.05, 3.63) is 94.0 Å². The van der Waals surface area contributed by atoms with Gasteiger partial charge in [0.1, 0.15) is 5.69 Å². The minimum atomic E-state index is -0.891. The van der Waals surface area contributed by atoms with E-state index in [-0.39, 0.29) is 12.5 Å². The van der Waals surface area contributed by atoms with E-state index in [1.54, 1.807) is 11.3 Å². The van der Waals surface area contributed by atoms with Gasteiger partial charge in [0.05, 0.1) is 10.2 Å². The Bertz CT molecular complexity index is 1150. The van der Waals surface area contributed by atoms with Crippen LogP contribution in [0.5, 0.6) is 0 Å². The number of benzene rings is 2. The Morgan fingerprint density at radius 3 is 2.54 bits per heavy atom. The van der Waals surface area contributed by atoms with Crippen LogP contribution in [-0.4, -0.2) is 10.5 Å². The maximum atomic E-state index is 13.6. The molecule has 0 aliphatic rings. The number of aromatic nitrogens is 1. The first-order valence-corrected chi connectivity index (χ1v) is 9.68. The number of nitrogens with zero attached hydrogens (tertiary/aromatic N) is 1. The van der Waals surface area contributed by atoms with Gasteiger partial charge in [-0.25, -0.2) is 8.78 Å². The second-order valence-electron chi connectivity index (χ2n) is 6.64.